The molecular formula is C9H7F3N2. The van der Waals surface area contributed by atoms with Crippen LogP contribution in [0.3, 0.4) is 0 Å². The van der Waals surface area contributed by atoms with Gasteiger partial charge in [-0.05, 0) is 6.42 Å². The highest BCUT2D eigenvalue weighted by Crippen LogP contribution is 2.32. The smallest absolute Gasteiger partial charge is 0.197 e. The van der Waals surface area contributed by atoms with Crippen molar-refractivity contribution in [3.05, 3.63) is 0 Å². The van der Waals surface area contributed by atoms with Gasteiger partial charge in [-0.2, -0.15) is 23.7 Å². The Morgan fingerprint density at radius 1 is 1.07 bits per heavy atom. The summed E-state index contributed by atoms with van der Waals surface area (Å²) in [5.74, 6) is 2.03. The van der Waals surface area contributed by atoms with E-state index in [1.54, 1.807) is 0 Å². The van der Waals surface area contributed by atoms with E-state index in [-0.39, 0.29) is 6.42 Å². The molecule has 5 heteroatoms. The van der Waals surface area contributed by atoms with E-state index in [1.807, 2.05) is 5.92 Å². The summed E-state index contributed by atoms with van der Waals surface area (Å²) in [5, 5.41) is 17.1. The van der Waals surface area contributed by atoms with Crippen molar-refractivity contribution in [2.24, 2.45) is 5.41 Å². The summed E-state index contributed by atoms with van der Waals surface area (Å²) in [6, 6.07) is 3.07. The summed E-state index contributed by atoms with van der Waals surface area (Å²) in [6.07, 6.45) is -1.52. The molecule has 0 aromatic rings. The zero-order valence-electron chi connectivity index (χ0n) is 7.23. The van der Waals surface area contributed by atoms with Gasteiger partial charge in [-0.25, -0.2) is 0 Å². The average Bonchev–Trinajstić information content (AvgIpc) is 2.11. The molecule has 0 N–H and O–H groups in total. The fourth-order valence-corrected chi connectivity index (χ4v) is 0.834. The first-order valence-electron chi connectivity index (χ1n) is 3.72. The lowest BCUT2D eigenvalue weighted by Crippen LogP contribution is -2.19. The number of hydrogen-bond acceptors (Lipinski definition) is 2. The van der Waals surface area contributed by atoms with Gasteiger partial charge in [0.25, 0.3) is 0 Å². The number of rotatable bonds is 3. The van der Waals surface area contributed by atoms with Crippen LogP contribution < -0.4 is 0 Å². The molecule has 0 heterocycles. The topological polar surface area (TPSA) is 47.6 Å². The van der Waals surface area contributed by atoms with Gasteiger partial charge in [0.2, 0.25) is 0 Å². The van der Waals surface area contributed by atoms with Gasteiger partial charge >= 0.3 is 6.18 Å². The van der Waals surface area contributed by atoms with Gasteiger partial charge < -0.3 is 0 Å². The van der Waals surface area contributed by atoms with Gasteiger partial charge in [0.05, 0.1) is 12.1 Å². The first kappa shape index (κ1) is 12.3. The first-order valence-corrected chi connectivity index (χ1v) is 3.72. The monoisotopic (exact) mass is 200 g/mol. The van der Waals surface area contributed by atoms with Crippen LogP contribution in [0.25, 0.3) is 0 Å². The van der Waals surface area contributed by atoms with E-state index in [0.717, 1.165) is 0 Å². The van der Waals surface area contributed by atoms with Crippen LogP contribution in [0, 0.1) is 40.4 Å². The van der Waals surface area contributed by atoms with Gasteiger partial charge in [0.1, 0.15) is 0 Å². The van der Waals surface area contributed by atoms with Gasteiger partial charge in [-0.3, -0.25) is 0 Å². The second kappa shape index (κ2) is 4.53. The summed E-state index contributed by atoms with van der Waals surface area (Å²) >= 11 is 0. The number of nitriles is 2. The molecule has 0 aromatic heterocycles. The standard InChI is InChI=1S/C9H7F3N2/c1-2-3-8(6-13,7-14)4-5-9(10,11)12/h1H,3-5H2. The van der Waals surface area contributed by atoms with E-state index in [0.29, 0.717) is 0 Å². The van der Waals surface area contributed by atoms with Crippen LogP contribution in [-0.4, -0.2) is 6.18 Å². The quantitative estimate of drug-likeness (QED) is 0.656. The minimum absolute atomic E-state index is 0.282. The molecule has 0 fully saturated rings. The van der Waals surface area contributed by atoms with E-state index in [2.05, 4.69) is 0 Å². The van der Waals surface area contributed by atoms with Crippen LogP contribution in [0.15, 0.2) is 0 Å². The number of alkyl halides is 3. The summed E-state index contributed by atoms with van der Waals surface area (Å²) in [7, 11) is 0. The zero-order valence-corrected chi connectivity index (χ0v) is 7.23. The highest BCUT2D eigenvalue weighted by Gasteiger charge is 2.36. The molecule has 0 bridgehead atoms. The van der Waals surface area contributed by atoms with Crippen LogP contribution in [0.1, 0.15) is 19.3 Å². The van der Waals surface area contributed by atoms with Gasteiger partial charge in [-0.15, -0.1) is 12.3 Å². The van der Waals surface area contributed by atoms with E-state index < -0.39 is 24.4 Å². The lowest BCUT2D eigenvalue weighted by molar-refractivity contribution is -0.138. The summed E-state index contributed by atoms with van der Waals surface area (Å²) < 4.78 is 35.5. The van der Waals surface area contributed by atoms with E-state index >= 15 is 0 Å². The molecule has 0 aliphatic carbocycles. The minimum atomic E-state index is -4.37. The molecular weight excluding hydrogens is 193 g/mol. The van der Waals surface area contributed by atoms with Crippen LogP contribution in [0.4, 0.5) is 13.2 Å². The fraction of sp³-hybridized carbons (Fsp3) is 0.556. The van der Waals surface area contributed by atoms with Gasteiger partial charge in [0, 0.05) is 12.8 Å². The van der Waals surface area contributed by atoms with Crippen molar-refractivity contribution in [3.63, 3.8) is 0 Å². The molecule has 0 amide bonds. The zero-order chi connectivity index (χ0) is 11.2. The Labute approximate surface area is 79.9 Å². The van der Waals surface area contributed by atoms with E-state index in [4.69, 9.17) is 16.9 Å². The van der Waals surface area contributed by atoms with Crippen molar-refractivity contribution < 1.29 is 13.2 Å². The van der Waals surface area contributed by atoms with Gasteiger partial charge in [0.15, 0.2) is 5.41 Å². The molecule has 0 spiro atoms. The SMILES string of the molecule is C#CCC(C#N)(C#N)CCC(F)(F)F. The largest absolute Gasteiger partial charge is 0.389 e. The lowest BCUT2D eigenvalue weighted by atomic mass is 9.83. The minimum Gasteiger partial charge on any atom is -0.197 e. The molecule has 0 saturated heterocycles. The molecule has 0 unspecified atom stereocenters. The Morgan fingerprint density at radius 3 is 1.86 bits per heavy atom. The third-order valence-corrected chi connectivity index (χ3v) is 1.67. The first-order chi connectivity index (χ1) is 6.39. The molecule has 0 atom stereocenters. The maximum Gasteiger partial charge on any atom is 0.389 e. The van der Waals surface area contributed by atoms with Crippen molar-refractivity contribution >= 4 is 0 Å². The molecule has 74 valence electrons. The Bertz CT molecular complexity index is 297. The lowest BCUT2D eigenvalue weighted by Gasteiger charge is -2.16. The molecule has 0 rings (SSSR count). The highest BCUT2D eigenvalue weighted by atomic mass is 19.4. The number of terminal acetylenes is 1. The molecule has 0 aliphatic rings. The van der Waals surface area contributed by atoms with Crippen molar-refractivity contribution in [1.82, 2.24) is 0 Å². The second-order valence-corrected chi connectivity index (χ2v) is 2.80. The molecule has 14 heavy (non-hydrogen) atoms. The Morgan fingerprint density at radius 2 is 1.57 bits per heavy atom. The number of hydrogen-bond donors (Lipinski definition) is 0. The van der Waals surface area contributed by atoms with Crippen LogP contribution in [0.2, 0.25) is 0 Å². The number of halogens is 3. The van der Waals surface area contributed by atoms with Crippen molar-refractivity contribution in [2.75, 3.05) is 0 Å². The highest BCUT2D eigenvalue weighted by molar-refractivity contribution is 5.18. The maximum atomic E-state index is 11.8. The Kier molecular flexibility index (Phi) is 3.99. The van der Waals surface area contributed by atoms with Crippen LogP contribution >= 0.6 is 0 Å². The fourth-order valence-electron chi connectivity index (χ4n) is 0.834. The Hall–Kier alpha value is -1.67. The Balaban J connectivity index is 4.51. The second-order valence-electron chi connectivity index (χ2n) is 2.80. The van der Waals surface area contributed by atoms with Gasteiger partial charge in [-0.1, -0.05) is 0 Å². The average molecular weight is 200 g/mol. The van der Waals surface area contributed by atoms with Crippen molar-refractivity contribution in [1.29, 1.82) is 10.5 Å². The molecule has 0 aliphatic heterocycles. The summed E-state index contributed by atoms with van der Waals surface area (Å²) in [6.45, 7) is 0. The summed E-state index contributed by atoms with van der Waals surface area (Å²) in [5.41, 5.74) is -1.70. The van der Waals surface area contributed by atoms with Crippen molar-refractivity contribution in [3.8, 4) is 24.5 Å². The van der Waals surface area contributed by atoms with Crippen molar-refractivity contribution in [2.45, 2.75) is 25.4 Å². The molecule has 0 radical (unpaired) electrons. The normalized spacial score (nSPS) is 11.1. The number of nitrogens with zero attached hydrogens (tertiary/aromatic N) is 2. The molecule has 2 nitrogen and oxygen atoms in total. The predicted molar refractivity (Wildman–Crippen MR) is 42.4 cm³/mol. The molecule has 0 aromatic carbocycles. The third-order valence-electron chi connectivity index (χ3n) is 1.67. The maximum absolute atomic E-state index is 11.8. The third kappa shape index (κ3) is 3.83. The molecule has 0 saturated carbocycles. The van der Waals surface area contributed by atoms with E-state index in [1.165, 1.54) is 12.1 Å². The predicted octanol–water partition coefficient (Wildman–Crippen LogP) is 2.39. The van der Waals surface area contributed by atoms with E-state index in [9.17, 15) is 13.2 Å². The summed E-state index contributed by atoms with van der Waals surface area (Å²) in [4.78, 5) is 0. The van der Waals surface area contributed by atoms with Crippen LogP contribution in [0.5, 0.6) is 0 Å². The van der Waals surface area contributed by atoms with Crippen LogP contribution in [-0.2, 0) is 0 Å².